The van der Waals surface area contributed by atoms with Gasteiger partial charge in [0, 0.05) is 42.8 Å². The SMILES string of the molecule is c1ccc(-c2ccc(N(c3ccc(-c4ccccc4)cc3)c3ccc4sc5cc6nc(-c7ccccc7)oc6cc5c4c3)cc2)cc1. The van der Waals surface area contributed by atoms with Crippen LogP contribution in [0.3, 0.4) is 0 Å². The molecule has 4 heteroatoms. The standard InChI is InChI=1S/C43H28N2OS/c1-4-10-29(11-5-1)31-16-20-34(21-17-31)45(35-22-18-32(19-23-35)30-12-6-2-7-13-30)36-24-25-41-37(26-36)38-27-40-39(28-42(38)47-41)44-43(46-40)33-14-8-3-9-15-33/h1-28H. The third-order valence-electron chi connectivity index (χ3n) is 8.71. The third-order valence-corrected chi connectivity index (χ3v) is 9.84. The summed E-state index contributed by atoms with van der Waals surface area (Å²) in [4.78, 5) is 7.16. The van der Waals surface area contributed by atoms with Crippen molar-refractivity contribution in [2.24, 2.45) is 0 Å². The maximum atomic E-state index is 6.28. The molecular weight excluding hydrogens is 593 g/mol. The average Bonchev–Trinajstić information content (AvgIpc) is 3.73. The fraction of sp³-hybridized carbons (Fsp3) is 0. The highest BCUT2D eigenvalue weighted by atomic mass is 32.1. The topological polar surface area (TPSA) is 29.3 Å². The molecule has 0 spiro atoms. The molecule has 0 saturated heterocycles. The van der Waals surface area contributed by atoms with Crippen molar-refractivity contribution in [2.75, 3.05) is 4.90 Å². The van der Waals surface area contributed by atoms with E-state index in [1.165, 1.54) is 42.4 Å². The Morgan fingerprint density at radius 3 is 1.49 bits per heavy atom. The lowest BCUT2D eigenvalue weighted by atomic mass is 10.0. The predicted octanol–water partition coefficient (Wildman–Crippen LogP) is 12.7. The van der Waals surface area contributed by atoms with Crippen molar-refractivity contribution >= 4 is 59.7 Å². The van der Waals surface area contributed by atoms with Crippen LogP contribution in [-0.4, -0.2) is 4.98 Å². The van der Waals surface area contributed by atoms with Gasteiger partial charge in [-0.1, -0.05) is 103 Å². The van der Waals surface area contributed by atoms with Gasteiger partial charge in [0.05, 0.1) is 0 Å². The highest BCUT2D eigenvalue weighted by Crippen LogP contribution is 2.42. The zero-order chi connectivity index (χ0) is 31.2. The summed E-state index contributed by atoms with van der Waals surface area (Å²) in [7, 11) is 0. The fourth-order valence-electron chi connectivity index (χ4n) is 6.34. The summed E-state index contributed by atoms with van der Waals surface area (Å²) in [6.45, 7) is 0. The maximum absolute atomic E-state index is 6.28. The van der Waals surface area contributed by atoms with Crippen LogP contribution in [0.4, 0.5) is 17.1 Å². The van der Waals surface area contributed by atoms with Crippen LogP contribution in [0.2, 0.25) is 0 Å². The number of benzene rings is 7. The number of nitrogens with zero attached hydrogens (tertiary/aromatic N) is 2. The zero-order valence-electron chi connectivity index (χ0n) is 25.4. The normalized spacial score (nSPS) is 11.4. The first-order valence-corrected chi connectivity index (χ1v) is 16.5. The molecule has 0 atom stereocenters. The van der Waals surface area contributed by atoms with Crippen molar-refractivity contribution in [2.45, 2.75) is 0 Å². The molecule has 0 bridgehead atoms. The summed E-state index contributed by atoms with van der Waals surface area (Å²) in [5.41, 5.74) is 10.7. The van der Waals surface area contributed by atoms with Crippen molar-refractivity contribution in [3.05, 3.63) is 170 Å². The second-order valence-corrected chi connectivity index (χ2v) is 12.7. The third kappa shape index (κ3) is 5.05. The smallest absolute Gasteiger partial charge is 0.227 e. The first-order chi connectivity index (χ1) is 23.3. The molecule has 0 radical (unpaired) electrons. The Balaban J connectivity index is 1.16. The summed E-state index contributed by atoms with van der Waals surface area (Å²) >= 11 is 1.79. The van der Waals surface area contributed by atoms with Gasteiger partial charge in [-0.2, -0.15) is 0 Å². The van der Waals surface area contributed by atoms with E-state index in [9.17, 15) is 0 Å². The Morgan fingerprint density at radius 2 is 0.915 bits per heavy atom. The lowest BCUT2D eigenvalue weighted by molar-refractivity contribution is 0.620. The number of oxazole rings is 1. The number of thiophene rings is 1. The van der Waals surface area contributed by atoms with Crippen LogP contribution in [0.1, 0.15) is 0 Å². The van der Waals surface area contributed by atoms with Crippen LogP contribution >= 0.6 is 11.3 Å². The van der Waals surface area contributed by atoms with Gasteiger partial charge in [-0.05, 0) is 89.0 Å². The van der Waals surface area contributed by atoms with Crippen LogP contribution in [0.5, 0.6) is 0 Å². The zero-order valence-corrected chi connectivity index (χ0v) is 26.2. The van der Waals surface area contributed by atoms with E-state index in [0.717, 1.165) is 33.7 Å². The molecule has 0 amide bonds. The Hall–Kier alpha value is -5.97. The molecular formula is C43H28N2OS. The van der Waals surface area contributed by atoms with Gasteiger partial charge in [-0.3, -0.25) is 0 Å². The number of rotatable bonds is 6. The summed E-state index contributed by atoms with van der Waals surface area (Å²) in [5.74, 6) is 0.646. The summed E-state index contributed by atoms with van der Waals surface area (Å²) in [6, 6.07) is 59.9. The van der Waals surface area contributed by atoms with E-state index in [0.29, 0.717) is 5.89 Å². The Kier molecular flexibility index (Phi) is 6.65. The molecule has 9 aromatic rings. The minimum Gasteiger partial charge on any atom is -0.436 e. The van der Waals surface area contributed by atoms with Crippen molar-refractivity contribution in [1.29, 1.82) is 0 Å². The molecule has 47 heavy (non-hydrogen) atoms. The van der Waals surface area contributed by atoms with Crippen LogP contribution in [0, 0.1) is 0 Å². The molecule has 2 heterocycles. The minimum atomic E-state index is 0.646. The van der Waals surface area contributed by atoms with E-state index in [1.807, 2.05) is 30.3 Å². The van der Waals surface area contributed by atoms with Crippen LogP contribution < -0.4 is 4.90 Å². The van der Waals surface area contributed by atoms with Gasteiger partial charge in [0.1, 0.15) is 5.52 Å². The highest BCUT2D eigenvalue weighted by Gasteiger charge is 2.17. The van der Waals surface area contributed by atoms with Crippen molar-refractivity contribution in [1.82, 2.24) is 4.98 Å². The number of hydrogen-bond donors (Lipinski definition) is 0. The molecule has 0 aliphatic heterocycles. The summed E-state index contributed by atoms with van der Waals surface area (Å²) < 4.78 is 8.71. The minimum absolute atomic E-state index is 0.646. The lowest BCUT2D eigenvalue weighted by Gasteiger charge is -2.26. The van der Waals surface area contributed by atoms with Crippen molar-refractivity contribution < 1.29 is 4.42 Å². The number of aromatic nitrogens is 1. The number of hydrogen-bond acceptors (Lipinski definition) is 4. The molecule has 0 fully saturated rings. The molecule has 2 aromatic heterocycles. The predicted molar refractivity (Wildman–Crippen MR) is 198 cm³/mol. The van der Waals surface area contributed by atoms with Gasteiger partial charge in [0.15, 0.2) is 5.58 Å². The highest BCUT2D eigenvalue weighted by molar-refractivity contribution is 7.25. The summed E-state index contributed by atoms with van der Waals surface area (Å²) in [6.07, 6.45) is 0. The maximum Gasteiger partial charge on any atom is 0.227 e. The van der Waals surface area contributed by atoms with Gasteiger partial charge in [0.25, 0.3) is 0 Å². The van der Waals surface area contributed by atoms with E-state index < -0.39 is 0 Å². The van der Waals surface area contributed by atoms with Gasteiger partial charge in [0.2, 0.25) is 5.89 Å². The van der Waals surface area contributed by atoms with Gasteiger partial charge in [-0.15, -0.1) is 11.3 Å². The molecule has 3 nitrogen and oxygen atoms in total. The first-order valence-electron chi connectivity index (χ1n) is 15.7. The van der Waals surface area contributed by atoms with E-state index in [2.05, 4.69) is 144 Å². The lowest BCUT2D eigenvalue weighted by Crippen LogP contribution is -2.09. The monoisotopic (exact) mass is 620 g/mol. The number of fused-ring (bicyclic) bond motifs is 4. The van der Waals surface area contributed by atoms with Gasteiger partial charge in [-0.25, -0.2) is 4.98 Å². The molecule has 9 rings (SSSR count). The molecule has 0 unspecified atom stereocenters. The van der Waals surface area contributed by atoms with E-state index in [1.54, 1.807) is 11.3 Å². The molecule has 0 N–H and O–H groups in total. The molecule has 222 valence electrons. The van der Waals surface area contributed by atoms with Crippen molar-refractivity contribution in [3.8, 4) is 33.7 Å². The Bertz CT molecular complexity index is 2400. The van der Waals surface area contributed by atoms with E-state index >= 15 is 0 Å². The van der Waals surface area contributed by atoms with Gasteiger partial charge < -0.3 is 9.32 Å². The van der Waals surface area contributed by atoms with Crippen LogP contribution in [0.15, 0.2) is 174 Å². The first kappa shape index (κ1) is 27.3. The number of anilines is 3. The molecule has 0 aliphatic rings. The Morgan fingerprint density at radius 1 is 0.426 bits per heavy atom. The van der Waals surface area contributed by atoms with E-state index in [4.69, 9.17) is 9.40 Å². The van der Waals surface area contributed by atoms with Crippen molar-refractivity contribution in [3.63, 3.8) is 0 Å². The van der Waals surface area contributed by atoms with Crippen LogP contribution in [-0.2, 0) is 0 Å². The van der Waals surface area contributed by atoms with E-state index in [-0.39, 0.29) is 0 Å². The van der Waals surface area contributed by atoms with Gasteiger partial charge >= 0.3 is 0 Å². The molecule has 0 saturated carbocycles. The quantitative estimate of drug-likeness (QED) is 0.185. The molecule has 7 aromatic carbocycles. The summed E-state index contributed by atoms with van der Waals surface area (Å²) in [5, 5.41) is 2.38. The Labute approximate surface area is 276 Å². The second-order valence-electron chi connectivity index (χ2n) is 11.6. The fourth-order valence-corrected chi connectivity index (χ4v) is 7.44. The second kappa shape index (κ2) is 11.4. The average molecular weight is 621 g/mol. The van der Waals surface area contributed by atoms with Crippen LogP contribution in [0.25, 0.3) is 65.0 Å². The molecule has 0 aliphatic carbocycles. The largest absolute Gasteiger partial charge is 0.436 e.